The Morgan fingerprint density at radius 2 is 2.04 bits per heavy atom. The molecule has 136 valence electrons. The van der Waals surface area contributed by atoms with Crippen LogP contribution in [0.15, 0.2) is 42.7 Å². The second-order valence-corrected chi connectivity index (χ2v) is 6.11. The maximum Gasteiger partial charge on any atom is 0.255 e. The Kier molecular flexibility index (Phi) is 5.09. The minimum atomic E-state index is -0.587. The number of hydrogen-bond acceptors (Lipinski definition) is 6. The van der Waals surface area contributed by atoms with Crippen LogP contribution in [0.5, 0.6) is 11.5 Å². The highest BCUT2D eigenvalue weighted by Gasteiger charge is 2.14. The van der Waals surface area contributed by atoms with Crippen molar-refractivity contribution in [3.63, 3.8) is 0 Å². The molecule has 0 saturated heterocycles. The smallest absolute Gasteiger partial charge is 0.255 e. The maximum atomic E-state index is 10.9. The van der Waals surface area contributed by atoms with Crippen molar-refractivity contribution < 1.29 is 14.3 Å². The van der Waals surface area contributed by atoms with Crippen molar-refractivity contribution in [3.05, 3.63) is 53.3 Å². The van der Waals surface area contributed by atoms with Gasteiger partial charge in [0.2, 0.25) is 0 Å². The molecule has 0 radical (unpaired) electrons. The number of benzene rings is 2. The molecule has 0 spiro atoms. The van der Waals surface area contributed by atoms with Crippen LogP contribution in [0.1, 0.15) is 5.56 Å². The van der Waals surface area contributed by atoms with Crippen molar-refractivity contribution in [2.75, 3.05) is 29.7 Å². The minimum Gasteiger partial charge on any atom is -0.493 e. The van der Waals surface area contributed by atoms with Crippen LogP contribution in [0.4, 0.5) is 17.1 Å². The van der Waals surface area contributed by atoms with Crippen LogP contribution in [0, 0.1) is 0 Å². The molecule has 0 saturated carbocycles. The first kappa shape index (κ1) is 17.8. The number of amides is 1. The first-order valence-corrected chi connectivity index (χ1v) is 8.22. The number of nitrogens with one attached hydrogen (secondary N) is 3. The topological polar surface area (TPSA) is 97.6 Å². The van der Waals surface area contributed by atoms with Gasteiger partial charge in [0.05, 0.1) is 23.5 Å². The highest BCUT2D eigenvalue weighted by molar-refractivity contribution is 6.32. The quantitative estimate of drug-likeness (QED) is 0.594. The van der Waals surface area contributed by atoms with Gasteiger partial charge in [-0.15, -0.1) is 0 Å². The van der Waals surface area contributed by atoms with Crippen LogP contribution >= 0.6 is 11.6 Å². The fraction of sp³-hybridized carbons (Fsp3) is 0.167. The first-order valence-electron chi connectivity index (χ1n) is 7.84. The van der Waals surface area contributed by atoms with E-state index in [0.29, 0.717) is 23.1 Å². The molecule has 1 heterocycles. The lowest BCUT2D eigenvalue weighted by Crippen LogP contribution is -2.20. The van der Waals surface area contributed by atoms with E-state index < -0.39 is 5.91 Å². The number of fused-ring (bicyclic) bond motifs is 1. The third-order valence-corrected chi connectivity index (χ3v) is 4.02. The number of anilines is 3. The van der Waals surface area contributed by atoms with Crippen LogP contribution in [-0.4, -0.2) is 19.6 Å². The molecular formula is C18H19ClN4O3. The average molecular weight is 375 g/mol. The van der Waals surface area contributed by atoms with Gasteiger partial charge in [0.25, 0.3) is 5.91 Å². The van der Waals surface area contributed by atoms with E-state index in [9.17, 15) is 4.79 Å². The Bertz CT molecular complexity index is 870. The lowest BCUT2D eigenvalue weighted by Gasteiger charge is -2.14. The summed E-state index contributed by atoms with van der Waals surface area (Å²) < 4.78 is 10.6. The van der Waals surface area contributed by atoms with Gasteiger partial charge in [-0.2, -0.15) is 0 Å². The zero-order chi connectivity index (χ0) is 18.7. The predicted octanol–water partition coefficient (Wildman–Crippen LogP) is 3.13. The first-order chi connectivity index (χ1) is 12.5. The molecule has 0 fully saturated rings. The molecule has 8 heteroatoms. The molecule has 3 rings (SSSR count). The largest absolute Gasteiger partial charge is 0.493 e. The van der Waals surface area contributed by atoms with Crippen LogP contribution in [0.25, 0.3) is 0 Å². The molecule has 0 bridgehead atoms. The zero-order valence-corrected chi connectivity index (χ0v) is 14.9. The Hall–Kier alpha value is -3.06. The van der Waals surface area contributed by atoms with Crippen molar-refractivity contribution in [2.24, 2.45) is 5.73 Å². The van der Waals surface area contributed by atoms with Crippen LogP contribution in [0.3, 0.4) is 0 Å². The SMILES string of the molecule is C=C1Nc2ccc(NCc3cc(Cl)c(OCC(N)=O)c(OC)c3)cc2N1. The summed E-state index contributed by atoms with van der Waals surface area (Å²) in [5.74, 6) is 0.895. The van der Waals surface area contributed by atoms with Gasteiger partial charge in [-0.25, -0.2) is 0 Å². The van der Waals surface area contributed by atoms with Crippen molar-refractivity contribution in [1.29, 1.82) is 0 Å². The van der Waals surface area contributed by atoms with Crippen molar-refractivity contribution >= 4 is 34.6 Å². The van der Waals surface area contributed by atoms with Gasteiger partial charge in [-0.3, -0.25) is 4.79 Å². The molecule has 0 aliphatic carbocycles. The van der Waals surface area contributed by atoms with Crippen LogP contribution in [-0.2, 0) is 11.3 Å². The van der Waals surface area contributed by atoms with Gasteiger partial charge in [0, 0.05) is 12.2 Å². The minimum absolute atomic E-state index is 0.269. The van der Waals surface area contributed by atoms with E-state index in [1.807, 2.05) is 18.2 Å². The van der Waals surface area contributed by atoms with Crippen LogP contribution in [0.2, 0.25) is 5.02 Å². The van der Waals surface area contributed by atoms with Crippen molar-refractivity contribution in [2.45, 2.75) is 6.54 Å². The molecular weight excluding hydrogens is 356 g/mol. The summed E-state index contributed by atoms with van der Waals surface area (Å²) in [6, 6.07) is 9.48. The third-order valence-electron chi connectivity index (χ3n) is 3.74. The number of nitrogens with two attached hydrogens (primary N) is 1. The fourth-order valence-corrected chi connectivity index (χ4v) is 2.87. The zero-order valence-electron chi connectivity index (χ0n) is 14.2. The highest BCUT2D eigenvalue weighted by atomic mass is 35.5. The summed E-state index contributed by atoms with van der Waals surface area (Å²) in [5, 5.41) is 9.96. The second-order valence-electron chi connectivity index (χ2n) is 5.71. The predicted molar refractivity (Wildman–Crippen MR) is 103 cm³/mol. The Balaban J connectivity index is 1.72. The van der Waals surface area contributed by atoms with Gasteiger partial charge >= 0.3 is 0 Å². The lowest BCUT2D eigenvalue weighted by molar-refractivity contribution is -0.119. The van der Waals surface area contributed by atoms with Crippen molar-refractivity contribution in [1.82, 2.24) is 0 Å². The molecule has 26 heavy (non-hydrogen) atoms. The highest BCUT2D eigenvalue weighted by Crippen LogP contribution is 2.37. The summed E-state index contributed by atoms with van der Waals surface area (Å²) >= 11 is 6.26. The van der Waals surface area contributed by atoms with E-state index in [4.69, 9.17) is 26.8 Å². The summed E-state index contributed by atoms with van der Waals surface area (Å²) in [5.41, 5.74) is 8.89. The second kappa shape index (κ2) is 7.45. The number of methoxy groups -OCH3 is 1. The number of carbonyl (C=O) groups excluding carboxylic acids is 1. The van der Waals surface area contributed by atoms with E-state index in [1.54, 1.807) is 12.1 Å². The molecule has 2 aromatic rings. The Morgan fingerprint density at radius 3 is 2.77 bits per heavy atom. The fourth-order valence-electron chi connectivity index (χ4n) is 2.59. The number of ether oxygens (including phenoxy) is 2. The molecule has 1 aliphatic heterocycles. The number of primary amides is 1. The molecule has 1 aliphatic rings. The summed E-state index contributed by atoms with van der Waals surface area (Å²) in [4.78, 5) is 10.9. The van der Waals surface area contributed by atoms with E-state index in [0.717, 1.165) is 28.4 Å². The molecule has 2 aromatic carbocycles. The van der Waals surface area contributed by atoms with Gasteiger partial charge in [0.1, 0.15) is 5.82 Å². The van der Waals surface area contributed by atoms with Gasteiger partial charge in [-0.05, 0) is 35.9 Å². The standard InChI is InChI=1S/C18H19ClN4O3/c1-10-22-14-4-3-12(7-15(14)23-10)21-8-11-5-13(19)18(16(6-11)25-2)26-9-17(20)24/h3-7,21-23H,1,8-9H2,2H3,(H2,20,24). The lowest BCUT2D eigenvalue weighted by atomic mass is 10.2. The molecule has 0 unspecified atom stereocenters. The van der Waals surface area contributed by atoms with E-state index >= 15 is 0 Å². The molecule has 5 N–H and O–H groups in total. The normalized spacial score (nSPS) is 12.0. The Morgan fingerprint density at radius 1 is 1.27 bits per heavy atom. The van der Waals surface area contributed by atoms with Gasteiger partial charge in [-0.1, -0.05) is 18.2 Å². The number of hydrogen-bond donors (Lipinski definition) is 4. The third kappa shape index (κ3) is 3.94. The molecule has 0 atom stereocenters. The summed E-state index contributed by atoms with van der Waals surface area (Å²) in [6.45, 7) is 4.10. The number of carbonyl (C=O) groups is 1. The maximum absolute atomic E-state index is 10.9. The Labute approximate surface area is 156 Å². The molecule has 7 nitrogen and oxygen atoms in total. The molecule has 0 aromatic heterocycles. The number of halogens is 1. The van der Waals surface area contributed by atoms with Gasteiger partial charge in [0.15, 0.2) is 18.1 Å². The van der Waals surface area contributed by atoms with Crippen molar-refractivity contribution in [3.8, 4) is 11.5 Å². The van der Waals surface area contributed by atoms with Gasteiger partial charge < -0.3 is 31.2 Å². The average Bonchev–Trinajstić information content (AvgIpc) is 2.97. The van der Waals surface area contributed by atoms with Crippen LogP contribution < -0.4 is 31.2 Å². The number of rotatable bonds is 7. The monoisotopic (exact) mass is 374 g/mol. The summed E-state index contributed by atoms with van der Waals surface area (Å²) in [7, 11) is 1.51. The van der Waals surface area contributed by atoms with E-state index in [1.165, 1.54) is 7.11 Å². The van der Waals surface area contributed by atoms with E-state index in [2.05, 4.69) is 22.5 Å². The summed E-state index contributed by atoms with van der Waals surface area (Å²) in [6.07, 6.45) is 0. The molecule has 1 amide bonds. The van der Waals surface area contributed by atoms with E-state index in [-0.39, 0.29) is 6.61 Å².